The Morgan fingerprint density at radius 2 is 1.06 bits per heavy atom. The van der Waals surface area contributed by atoms with Crippen LogP contribution in [0.2, 0.25) is 0 Å². The van der Waals surface area contributed by atoms with Crippen molar-refractivity contribution in [2.24, 2.45) is 0 Å². The Morgan fingerprint density at radius 1 is 0.667 bits per heavy atom. The zero-order valence-corrected chi connectivity index (χ0v) is 24.5. The molecule has 0 atom stereocenters. The molecule has 0 radical (unpaired) electrons. The maximum absolute atomic E-state index is 12.0. The summed E-state index contributed by atoms with van der Waals surface area (Å²) in [6.07, 6.45) is 0.279. The van der Waals surface area contributed by atoms with Gasteiger partial charge in [0, 0.05) is 12.0 Å². The van der Waals surface area contributed by atoms with Crippen LogP contribution in [-0.2, 0) is 32.6 Å². The minimum atomic E-state index is -4.82. The molecule has 0 spiro atoms. The van der Waals surface area contributed by atoms with Crippen LogP contribution in [0.15, 0.2) is 24.3 Å². The molecule has 0 bridgehead atoms. The molecule has 3 N–H and O–H groups in total. The molecule has 0 aliphatic heterocycles. The summed E-state index contributed by atoms with van der Waals surface area (Å²) in [6.45, 7) is 24.9. The van der Waals surface area contributed by atoms with Crippen LogP contribution in [0.1, 0.15) is 116 Å². The summed E-state index contributed by atoms with van der Waals surface area (Å²) < 4.78 is 17.4. The molecule has 0 fully saturated rings. The predicted molar refractivity (Wildman–Crippen MR) is 155 cm³/mol. The summed E-state index contributed by atoms with van der Waals surface area (Å²) in [6, 6.07) is 8.02. The number of rotatable bonds is 4. The van der Waals surface area contributed by atoms with E-state index in [1.165, 1.54) is 0 Å². The highest BCUT2D eigenvalue weighted by atomic mass is 31.2. The van der Waals surface area contributed by atoms with Crippen molar-refractivity contribution in [2.75, 3.05) is 0 Å². The van der Waals surface area contributed by atoms with Crippen molar-refractivity contribution >= 4 is 25.2 Å². The van der Waals surface area contributed by atoms with Gasteiger partial charge in [0.2, 0.25) is 0 Å². The van der Waals surface area contributed by atoms with Crippen molar-refractivity contribution in [2.45, 2.75) is 111 Å². The second kappa shape index (κ2) is 10.5. The number of aromatic hydroxyl groups is 1. The number of phenols is 1. The molecular weight excluding hydrogens is 486 g/mol. The van der Waals surface area contributed by atoms with E-state index in [-0.39, 0.29) is 51.5 Å². The number of phenolic OH excluding ortho intramolecular Hbond substituents is 1. The van der Waals surface area contributed by atoms with Gasteiger partial charge in [0.1, 0.15) is 11.5 Å². The number of phosphoric acid groups is 1. The van der Waals surface area contributed by atoms with Crippen LogP contribution in [0.25, 0.3) is 0 Å². The highest BCUT2D eigenvalue weighted by molar-refractivity contribution is 7.46. The van der Waals surface area contributed by atoms with Crippen LogP contribution in [0.4, 0.5) is 0 Å². The summed E-state index contributed by atoms with van der Waals surface area (Å²) in [4.78, 5) is 19.6. The number of hydrogen-bond acceptors (Lipinski definition) is 3. The van der Waals surface area contributed by atoms with Crippen LogP contribution in [0.3, 0.4) is 0 Å². The van der Waals surface area contributed by atoms with Crippen molar-refractivity contribution in [1.82, 2.24) is 0 Å². The van der Waals surface area contributed by atoms with Gasteiger partial charge >= 0.3 is 7.82 Å². The molecule has 2 rings (SSSR count). The SMILES string of the molecule is CC(C)(C)c1cc(Cc2cc(C(C)(C)C)cc(C(C)(C)C)c2OP(=O)(O)O)c(O)c(C(C)(C)C)c1.[AlH3]. The topological polar surface area (TPSA) is 87.0 Å². The second-order valence-corrected chi connectivity index (χ2v) is 15.0. The predicted octanol–water partition coefficient (Wildman–Crippen LogP) is 6.46. The lowest BCUT2D eigenvalue weighted by molar-refractivity contribution is 0.280. The molecule has 0 amide bonds. The number of phosphoric ester groups is 1. The fourth-order valence-electron chi connectivity index (χ4n) is 4.08. The lowest BCUT2D eigenvalue weighted by atomic mass is 9.76. The molecule has 7 heteroatoms. The molecule has 202 valence electrons. The van der Waals surface area contributed by atoms with Gasteiger partial charge in [-0.15, -0.1) is 0 Å². The number of benzene rings is 2. The Balaban J connectivity index is 0.00000648. The molecule has 0 heterocycles. The average molecular weight is 535 g/mol. The first-order chi connectivity index (χ1) is 15.4. The minimum absolute atomic E-state index is 0. The summed E-state index contributed by atoms with van der Waals surface area (Å²) in [5, 5.41) is 11.4. The van der Waals surface area contributed by atoms with Crippen molar-refractivity contribution < 1.29 is 24.0 Å². The summed E-state index contributed by atoms with van der Waals surface area (Å²) >= 11 is 0. The molecule has 36 heavy (non-hydrogen) atoms. The van der Waals surface area contributed by atoms with E-state index in [9.17, 15) is 19.5 Å². The third-order valence-corrected chi connectivity index (χ3v) is 6.71. The van der Waals surface area contributed by atoms with Gasteiger partial charge in [-0.3, -0.25) is 9.79 Å². The smallest absolute Gasteiger partial charge is 0.507 e. The van der Waals surface area contributed by atoms with Crippen LogP contribution >= 0.6 is 7.82 Å². The van der Waals surface area contributed by atoms with Crippen molar-refractivity contribution in [3.8, 4) is 11.5 Å². The van der Waals surface area contributed by atoms with Crippen LogP contribution < -0.4 is 4.52 Å². The summed E-state index contributed by atoms with van der Waals surface area (Å²) in [7, 11) is -4.82. The van der Waals surface area contributed by atoms with Gasteiger partial charge in [0.05, 0.1) is 0 Å². The molecule has 0 saturated carbocycles. The first-order valence-corrected chi connectivity index (χ1v) is 13.7. The lowest BCUT2D eigenvalue weighted by Crippen LogP contribution is -2.20. The van der Waals surface area contributed by atoms with E-state index >= 15 is 0 Å². The monoisotopic (exact) mass is 534 g/mol. The Kier molecular flexibility index (Phi) is 9.53. The zero-order valence-electron chi connectivity index (χ0n) is 23.6. The third kappa shape index (κ3) is 8.11. The van der Waals surface area contributed by atoms with E-state index in [0.29, 0.717) is 11.1 Å². The highest BCUT2D eigenvalue weighted by Crippen LogP contribution is 2.47. The van der Waals surface area contributed by atoms with Gasteiger partial charge in [0.15, 0.2) is 17.4 Å². The normalized spacial score (nSPS) is 13.4. The van der Waals surface area contributed by atoms with E-state index in [4.69, 9.17) is 4.52 Å². The quantitative estimate of drug-likeness (QED) is 0.310. The van der Waals surface area contributed by atoms with E-state index in [1.807, 2.05) is 39.0 Å². The maximum atomic E-state index is 12.0. The van der Waals surface area contributed by atoms with Gasteiger partial charge in [0.25, 0.3) is 0 Å². The average Bonchev–Trinajstić information content (AvgIpc) is 2.59. The second-order valence-electron chi connectivity index (χ2n) is 13.8. The fourth-order valence-corrected chi connectivity index (χ4v) is 4.53. The van der Waals surface area contributed by atoms with E-state index in [0.717, 1.165) is 22.3 Å². The van der Waals surface area contributed by atoms with Gasteiger partial charge in [-0.2, -0.15) is 0 Å². The van der Waals surface area contributed by atoms with Crippen molar-refractivity contribution in [1.29, 1.82) is 0 Å². The number of hydrogen-bond donors (Lipinski definition) is 3. The van der Waals surface area contributed by atoms with Gasteiger partial charge < -0.3 is 9.63 Å². The van der Waals surface area contributed by atoms with Gasteiger partial charge in [-0.25, -0.2) is 4.57 Å². The first kappa shape index (κ1) is 32.8. The first-order valence-electron chi connectivity index (χ1n) is 12.2. The Hall–Kier alpha value is -1.28. The lowest BCUT2D eigenvalue weighted by Gasteiger charge is -2.30. The summed E-state index contributed by atoms with van der Waals surface area (Å²) in [5.74, 6) is 0.405. The van der Waals surface area contributed by atoms with Gasteiger partial charge in [-0.1, -0.05) is 107 Å². The molecule has 0 unspecified atom stereocenters. The molecule has 0 aliphatic carbocycles. The van der Waals surface area contributed by atoms with E-state index in [2.05, 4.69) is 68.4 Å². The van der Waals surface area contributed by atoms with Crippen LogP contribution in [-0.4, -0.2) is 32.3 Å². The van der Waals surface area contributed by atoms with Crippen LogP contribution in [0, 0.1) is 0 Å². The third-order valence-electron chi connectivity index (χ3n) is 6.29. The maximum Gasteiger partial charge on any atom is 0.524 e. The Bertz CT molecular complexity index is 1140. The molecule has 2 aromatic rings. The van der Waals surface area contributed by atoms with Crippen molar-refractivity contribution in [3.63, 3.8) is 0 Å². The molecular formula is C29H48AlO5P. The fraction of sp³-hybridized carbons (Fsp3) is 0.586. The Labute approximate surface area is 229 Å². The highest BCUT2D eigenvalue weighted by Gasteiger charge is 2.31. The standard InChI is InChI=1S/C29H45O5P.Al.3H/c1-26(2,3)20-14-18(24(30)22(16-20)28(7,8)9)13-19-15-21(27(4,5)6)17-23(29(10,11)12)25(19)34-35(31,32)33;;;;/h14-17,30H,13H2,1-12H3,(H2,31,32,33);;;;. The van der Waals surface area contributed by atoms with E-state index < -0.39 is 13.2 Å². The zero-order chi connectivity index (χ0) is 27.4. The van der Waals surface area contributed by atoms with Crippen LogP contribution in [0.5, 0.6) is 11.5 Å². The largest absolute Gasteiger partial charge is 0.524 e. The molecule has 2 aromatic carbocycles. The molecule has 5 nitrogen and oxygen atoms in total. The van der Waals surface area contributed by atoms with E-state index in [1.54, 1.807) is 0 Å². The molecule has 0 aromatic heterocycles. The Morgan fingerprint density at radius 3 is 1.42 bits per heavy atom. The summed E-state index contributed by atoms with van der Waals surface area (Å²) in [5.41, 5.74) is 4.02. The molecule has 0 aliphatic rings. The minimum Gasteiger partial charge on any atom is -0.507 e. The molecule has 0 saturated heterocycles. The van der Waals surface area contributed by atoms with Gasteiger partial charge in [-0.05, 0) is 49.5 Å². The van der Waals surface area contributed by atoms with Crippen molar-refractivity contribution in [3.05, 3.63) is 57.6 Å².